The molecule has 0 spiro atoms. The molecule has 1 saturated carbocycles. The van der Waals surface area contributed by atoms with Crippen LogP contribution in [0.25, 0.3) is 32.1 Å². The predicted octanol–water partition coefficient (Wildman–Crippen LogP) is 4.19. The van der Waals surface area contributed by atoms with Crippen LogP contribution in [0.1, 0.15) is 24.1 Å². The van der Waals surface area contributed by atoms with Crippen LogP contribution in [0.15, 0.2) is 71.5 Å². The van der Waals surface area contributed by atoms with Crippen LogP contribution in [-0.2, 0) is 0 Å². The van der Waals surface area contributed by atoms with Gasteiger partial charge in [0.25, 0.3) is 5.56 Å². The van der Waals surface area contributed by atoms with Crippen molar-refractivity contribution >= 4 is 32.3 Å². The predicted molar refractivity (Wildman–Crippen MR) is 113 cm³/mol. The van der Waals surface area contributed by atoms with Crippen molar-refractivity contribution < 1.29 is 0 Å². The lowest BCUT2D eigenvalue weighted by molar-refractivity contribution is 0.590. The molecule has 4 heterocycles. The molecule has 0 bridgehead atoms. The van der Waals surface area contributed by atoms with Crippen LogP contribution in [0.5, 0.6) is 0 Å². The topological polar surface area (TPSA) is 73.6 Å². The molecule has 7 heteroatoms. The molecule has 0 aliphatic heterocycles. The SMILES string of the molecule is O=c1c2c(-c3cncnc3)csc2cnn1[C@@H]1C[C@H]1c1ccc2ccccc2n1. The van der Waals surface area contributed by atoms with Crippen LogP contribution >= 0.6 is 11.3 Å². The summed E-state index contributed by atoms with van der Waals surface area (Å²) >= 11 is 1.52. The van der Waals surface area contributed by atoms with Gasteiger partial charge in [0.1, 0.15) is 6.33 Å². The first-order valence-electron chi connectivity index (χ1n) is 9.40. The second-order valence-electron chi connectivity index (χ2n) is 7.25. The van der Waals surface area contributed by atoms with Gasteiger partial charge in [-0.05, 0) is 18.6 Å². The van der Waals surface area contributed by atoms with E-state index >= 15 is 0 Å². The molecule has 1 aliphatic rings. The second-order valence-corrected chi connectivity index (χ2v) is 8.16. The van der Waals surface area contributed by atoms with Crippen LogP contribution in [0.4, 0.5) is 0 Å². The minimum atomic E-state index is -0.0594. The van der Waals surface area contributed by atoms with Crippen LogP contribution in [-0.4, -0.2) is 24.7 Å². The molecule has 0 N–H and O–H groups in total. The van der Waals surface area contributed by atoms with Crippen LogP contribution in [0.3, 0.4) is 0 Å². The summed E-state index contributed by atoms with van der Waals surface area (Å²) in [7, 11) is 0. The molecule has 140 valence electrons. The van der Waals surface area contributed by atoms with Crippen LogP contribution < -0.4 is 5.56 Å². The minimum absolute atomic E-state index is 0.0420. The maximum Gasteiger partial charge on any atom is 0.276 e. The van der Waals surface area contributed by atoms with Gasteiger partial charge in [-0.2, -0.15) is 5.10 Å². The lowest BCUT2D eigenvalue weighted by Crippen LogP contribution is -2.22. The van der Waals surface area contributed by atoms with Gasteiger partial charge in [0, 0.05) is 45.9 Å². The Morgan fingerprint density at radius 3 is 2.79 bits per heavy atom. The number of benzene rings is 1. The fourth-order valence-corrected chi connectivity index (χ4v) is 4.84. The van der Waals surface area contributed by atoms with Crippen molar-refractivity contribution in [2.24, 2.45) is 0 Å². The Balaban J connectivity index is 1.41. The van der Waals surface area contributed by atoms with Gasteiger partial charge < -0.3 is 0 Å². The first-order chi connectivity index (χ1) is 14.3. The van der Waals surface area contributed by atoms with Crippen molar-refractivity contribution in [3.63, 3.8) is 0 Å². The summed E-state index contributed by atoms with van der Waals surface area (Å²) < 4.78 is 2.51. The number of aromatic nitrogens is 5. The molecular weight excluding hydrogens is 382 g/mol. The molecule has 1 aromatic carbocycles. The summed E-state index contributed by atoms with van der Waals surface area (Å²) in [5.41, 5.74) is 3.65. The Labute approximate surface area is 169 Å². The number of thiophene rings is 1. The highest BCUT2D eigenvalue weighted by Crippen LogP contribution is 2.50. The van der Waals surface area contributed by atoms with E-state index < -0.39 is 0 Å². The lowest BCUT2D eigenvalue weighted by Gasteiger charge is -2.06. The molecule has 4 aromatic heterocycles. The highest BCUT2D eigenvalue weighted by atomic mass is 32.1. The van der Waals surface area contributed by atoms with Crippen molar-refractivity contribution in [3.05, 3.63) is 82.7 Å². The molecule has 0 radical (unpaired) electrons. The summed E-state index contributed by atoms with van der Waals surface area (Å²) in [4.78, 5) is 26.3. The molecular formula is C22H15N5OS. The Kier molecular flexibility index (Phi) is 3.57. The van der Waals surface area contributed by atoms with Gasteiger partial charge in [-0.15, -0.1) is 11.3 Å². The Bertz CT molecular complexity index is 1430. The molecule has 1 fully saturated rings. The molecule has 29 heavy (non-hydrogen) atoms. The average molecular weight is 397 g/mol. The van der Waals surface area contributed by atoms with Gasteiger partial charge in [0.05, 0.1) is 27.8 Å². The number of pyridine rings is 1. The first-order valence-corrected chi connectivity index (χ1v) is 10.3. The number of nitrogens with zero attached hydrogens (tertiary/aromatic N) is 5. The summed E-state index contributed by atoms with van der Waals surface area (Å²) in [6.07, 6.45) is 7.62. The number of rotatable bonds is 3. The van der Waals surface area contributed by atoms with Crippen molar-refractivity contribution in [3.8, 4) is 11.1 Å². The van der Waals surface area contributed by atoms with Gasteiger partial charge in [-0.3, -0.25) is 9.78 Å². The summed E-state index contributed by atoms with van der Waals surface area (Å²) in [5.74, 6) is 0.212. The zero-order valence-corrected chi connectivity index (χ0v) is 16.1. The monoisotopic (exact) mass is 397 g/mol. The van der Waals surface area contributed by atoms with Crippen molar-refractivity contribution in [1.82, 2.24) is 24.7 Å². The number of para-hydroxylation sites is 1. The summed E-state index contributed by atoms with van der Waals surface area (Å²) in [5, 5.41) is 8.26. The third kappa shape index (κ3) is 2.66. The van der Waals surface area contributed by atoms with Gasteiger partial charge in [0.2, 0.25) is 0 Å². The van der Waals surface area contributed by atoms with Crippen molar-refractivity contribution in [2.75, 3.05) is 0 Å². The first kappa shape index (κ1) is 16.5. The second kappa shape index (κ2) is 6.28. The molecule has 1 aliphatic carbocycles. The highest BCUT2D eigenvalue weighted by Gasteiger charge is 2.43. The van der Waals surface area contributed by atoms with Gasteiger partial charge in [0.15, 0.2) is 0 Å². The van der Waals surface area contributed by atoms with E-state index in [9.17, 15) is 4.79 Å². The standard InChI is InChI=1S/C22H15N5OS/c28-22-21-16(14-8-23-12-24-9-14)11-29-20(21)10-25-27(22)19-7-15(19)18-6-5-13-3-1-2-4-17(13)26-18/h1-6,8-12,15,19H,7H2/t15-,19+/m0/s1. The molecule has 5 aromatic rings. The highest BCUT2D eigenvalue weighted by molar-refractivity contribution is 7.17. The van der Waals surface area contributed by atoms with Gasteiger partial charge in [-0.25, -0.2) is 14.6 Å². The number of hydrogen-bond donors (Lipinski definition) is 0. The fraction of sp³-hybridized carbons (Fsp3) is 0.136. The maximum atomic E-state index is 13.3. The zero-order chi connectivity index (χ0) is 19.4. The Morgan fingerprint density at radius 2 is 1.90 bits per heavy atom. The lowest BCUT2D eigenvalue weighted by atomic mass is 10.1. The van der Waals surface area contributed by atoms with E-state index in [4.69, 9.17) is 4.98 Å². The van der Waals surface area contributed by atoms with Gasteiger partial charge >= 0.3 is 0 Å². The molecule has 0 saturated heterocycles. The summed E-state index contributed by atoms with van der Waals surface area (Å²) in [6.45, 7) is 0. The Hall–Kier alpha value is -3.45. The van der Waals surface area contributed by atoms with Crippen molar-refractivity contribution in [2.45, 2.75) is 18.4 Å². The molecule has 6 nitrogen and oxygen atoms in total. The fourth-order valence-electron chi connectivity index (χ4n) is 3.92. The molecule has 2 atom stereocenters. The number of fused-ring (bicyclic) bond motifs is 2. The van der Waals surface area contributed by atoms with E-state index in [0.717, 1.165) is 38.8 Å². The van der Waals surface area contributed by atoms with Crippen LogP contribution in [0.2, 0.25) is 0 Å². The van der Waals surface area contributed by atoms with Crippen LogP contribution in [0, 0.1) is 0 Å². The zero-order valence-electron chi connectivity index (χ0n) is 15.3. The third-order valence-electron chi connectivity index (χ3n) is 5.48. The van der Waals surface area contributed by atoms with E-state index in [1.54, 1.807) is 23.3 Å². The largest absolute Gasteiger partial charge is 0.276 e. The van der Waals surface area contributed by atoms with E-state index in [0.29, 0.717) is 5.39 Å². The quantitative estimate of drug-likeness (QED) is 0.456. The summed E-state index contributed by atoms with van der Waals surface area (Å²) in [6, 6.07) is 12.3. The van der Waals surface area contributed by atoms with E-state index in [1.807, 2.05) is 23.6 Å². The molecule has 6 rings (SSSR count). The third-order valence-corrected chi connectivity index (χ3v) is 6.40. The van der Waals surface area contributed by atoms with E-state index in [1.165, 1.54) is 17.7 Å². The minimum Gasteiger partial charge on any atom is -0.267 e. The van der Waals surface area contributed by atoms with Crippen molar-refractivity contribution in [1.29, 1.82) is 0 Å². The smallest absolute Gasteiger partial charge is 0.267 e. The normalized spacial score (nSPS) is 18.3. The molecule has 0 unspecified atom stereocenters. The number of hydrogen-bond acceptors (Lipinski definition) is 6. The molecule has 0 amide bonds. The van der Waals surface area contributed by atoms with E-state index in [2.05, 4.69) is 33.3 Å². The van der Waals surface area contributed by atoms with Gasteiger partial charge in [-0.1, -0.05) is 24.3 Å². The maximum absolute atomic E-state index is 13.3. The average Bonchev–Trinajstić information content (AvgIpc) is 3.44. The van der Waals surface area contributed by atoms with E-state index in [-0.39, 0.29) is 17.5 Å². The Morgan fingerprint density at radius 1 is 1.03 bits per heavy atom.